The minimum atomic E-state index is -1.44. The van der Waals surface area contributed by atoms with Crippen molar-refractivity contribution in [3.63, 3.8) is 0 Å². The predicted molar refractivity (Wildman–Crippen MR) is 84.7 cm³/mol. The first-order valence-electron chi connectivity index (χ1n) is 7.55. The second-order valence-electron chi connectivity index (χ2n) is 5.83. The zero-order valence-corrected chi connectivity index (χ0v) is 14.0. The molecule has 0 aliphatic rings. The average molecular weight is 346 g/mol. The summed E-state index contributed by atoms with van der Waals surface area (Å²) in [6, 6.07) is -3.08. The number of nitrogens with two attached hydrogens (primary N) is 1. The van der Waals surface area contributed by atoms with Crippen LogP contribution in [0.5, 0.6) is 0 Å². The number of carboxylic acid groups (broad SMARTS) is 1. The van der Waals surface area contributed by atoms with Crippen molar-refractivity contribution >= 4 is 23.7 Å². The van der Waals surface area contributed by atoms with Crippen molar-refractivity contribution in [3.8, 4) is 0 Å². The highest BCUT2D eigenvalue weighted by atomic mass is 16.4. The monoisotopic (exact) mass is 346 g/mol. The molecule has 0 aromatic rings. The SMILES string of the molecule is CC(C)CC(N)C(=O)NC(C)C(=O)NCC(=O)NC(CO)C(=O)O. The lowest BCUT2D eigenvalue weighted by atomic mass is 10.0. The molecule has 3 unspecified atom stereocenters. The summed E-state index contributed by atoms with van der Waals surface area (Å²) in [7, 11) is 0. The van der Waals surface area contributed by atoms with Crippen molar-refractivity contribution in [1.82, 2.24) is 16.0 Å². The maximum Gasteiger partial charge on any atom is 0.328 e. The maximum absolute atomic E-state index is 11.8. The van der Waals surface area contributed by atoms with E-state index in [0.29, 0.717) is 6.42 Å². The summed E-state index contributed by atoms with van der Waals surface area (Å²) in [5, 5.41) is 24.2. The van der Waals surface area contributed by atoms with Gasteiger partial charge in [0.2, 0.25) is 17.7 Å². The minimum absolute atomic E-state index is 0.229. The van der Waals surface area contributed by atoms with Gasteiger partial charge in [0.05, 0.1) is 19.2 Å². The predicted octanol–water partition coefficient (Wildman–Crippen LogP) is -2.46. The third-order valence-corrected chi connectivity index (χ3v) is 3.05. The second-order valence-corrected chi connectivity index (χ2v) is 5.83. The third kappa shape index (κ3) is 8.44. The first-order chi connectivity index (χ1) is 11.1. The van der Waals surface area contributed by atoms with Crippen molar-refractivity contribution < 1.29 is 29.4 Å². The number of amides is 3. The van der Waals surface area contributed by atoms with Crippen molar-refractivity contribution in [3.05, 3.63) is 0 Å². The van der Waals surface area contributed by atoms with Gasteiger partial charge in [-0.3, -0.25) is 14.4 Å². The zero-order valence-electron chi connectivity index (χ0n) is 14.0. The van der Waals surface area contributed by atoms with Gasteiger partial charge in [-0.05, 0) is 19.3 Å². The zero-order chi connectivity index (χ0) is 18.9. The lowest BCUT2D eigenvalue weighted by molar-refractivity contribution is -0.142. The molecular formula is C14H26N4O6. The van der Waals surface area contributed by atoms with Gasteiger partial charge >= 0.3 is 5.97 Å². The van der Waals surface area contributed by atoms with E-state index < -0.39 is 55.0 Å². The van der Waals surface area contributed by atoms with E-state index in [1.54, 1.807) is 0 Å². The summed E-state index contributed by atoms with van der Waals surface area (Å²) in [5.41, 5.74) is 5.70. The fourth-order valence-electron chi connectivity index (χ4n) is 1.75. The number of nitrogens with one attached hydrogen (secondary N) is 3. The highest BCUT2D eigenvalue weighted by Gasteiger charge is 2.22. The summed E-state index contributed by atoms with van der Waals surface area (Å²) in [6.45, 7) is 4.01. The van der Waals surface area contributed by atoms with E-state index in [0.717, 1.165) is 0 Å². The summed E-state index contributed by atoms with van der Waals surface area (Å²) in [6.07, 6.45) is 0.473. The molecule has 0 saturated carbocycles. The molecule has 10 nitrogen and oxygen atoms in total. The first kappa shape index (κ1) is 21.8. The molecule has 0 saturated heterocycles. The van der Waals surface area contributed by atoms with Gasteiger partial charge in [-0.25, -0.2) is 4.79 Å². The molecule has 0 radical (unpaired) electrons. The van der Waals surface area contributed by atoms with Gasteiger partial charge in [-0.15, -0.1) is 0 Å². The van der Waals surface area contributed by atoms with Crippen LogP contribution in [-0.2, 0) is 19.2 Å². The van der Waals surface area contributed by atoms with Crippen LogP contribution < -0.4 is 21.7 Å². The molecule has 0 aliphatic heterocycles. The number of carbonyl (C=O) groups excluding carboxylic acids is 3. The highest BCUT2D eigenvalue weighted by molar-refractivity contribution is 5.92. The van der Waals surface area contributed by atoms with Crippen molar-refractivity contribution in [2.75, 3.05) is 13.2 Å². The van der Waals surface area contributed by atoms with Gasteiger partial charge in [0.25, 0.3) is 0 Å². The Morgan fingerprint density at radius 1 is 1.04 bits per heavy atom. The molecule has 3 atom stereocenters. The van der Waals surface area contributed by atoms with E-state index in [4.69, 9.17) is 15.9 Å². The Hall–Kier alpha value is -2.20. The number of aliphatic hydroxyl groups excluding tert-OH is 1. The van der Waals surface area contributed by atoms with Gasteiger partial charge in [0, 0.05) is 0 Å². The van der Waals surface area contributed by atoms with Gasteiger partial charge in [0.15, 0.2) is 0 Å². The maximum atomic E-state index is 11.8. The van der Waals surface area contributed by atoms with Crippen molar-refractivity contribution in [1.29, 1.82) is 0 Å². The summed E-state index contributed by atoms with van der Waals surface area (Å²) in [5.74, 6) is -3.03. The molecule has 0 rings (SSSR count). The van der Waals surface area contributed by atoms with E-state index in [1.165, 1.54) is 6.92 Å². The topological polar surface area (TPSA) is 171 Å². The van der Waals surface area contributed by atoms with Gasteiger partial charge in [-0.1, -0.05) is 13.8 Å². The molecule has 0 aromatic carbocycles. The van der Waals surface area contributed by atoms with E-state index in [-0.39, 0.29) is 5.92 Å². The molecule has 24 heavy (non-hydrogen) atoms. The molecule has 0 aromatic heterocycles. The van der Waals surface area contributed by atoms with Crippen LogP contribution >= 0.6 is 0 Å². The van der Waals surface area contributed by atoms with Crippen LogP contribution in [0.3, 0.4) is 0 Å². The lowest BCUT2D eigenvalue weighted by Crippen LogP contribution is -2.52. The van der Waals surface area contributed by atoms with Crippen LogP contribution in [0, 0.1) is 5.92 Å². The van der Waals surface area contributed by atoms with E-state index in [2.05, 4.69) is 10.6 Å². The Balaban J connectivity index is 4.29. The minimum Gasteiger partial charge on any atom is -0.480 e. The molecule has 138 valence electrons. The number of rotatable bonds is 10. The Morgan fingerprint density at radius 3 is 2.08 bits per heavy atom. The Kier molecular flexibility index (Phi) is 9.58. The van der Waals surface area contributed by atoms with Crippen LogP contribution in [0.15, 0.2) is 0 Å². The van der Waals surface area contributed by atoms with Crippen molar-refractivity contribution in [2.24, 2.45) is 11.7 Å². The standard InChI is InChI=1S/C14H26N4O6/c1-7(2)4-9(15)13(22)17-8(3)12(21)16-5-11(20)18-10(6-19)14(23)24/h7-10,19H,4-6,15H2,1-3H3,(H,16,21)(H,17,22)(H,18,20)(H,23,24). The molecule has 0 fully saturated rings. The van der Waals surface area contributed by atoms with Crippen LogP contribution in [-0.4, -0.2) is 65.2 Å². The quantitative estimate of drug-likeness (QED) is 0.255. The summed E-state index contributed by atoms with van der Waals surface area (Å²) >= 11 is 0. The number of aliphatic hydroxyl groups is 1. The van der Waals surface area contributed by atoms with E-state index >= 15 is 0 Å². The first-order valence-corrected chi connectivity index (χ1v) is 7.55. The number of carbonyl (C=O) groups is 4. The van der Waals surface area contributed by atoms with Crippen molar-refractivity contribution in [2.45, 2.75) is 45.3 Å². The van der Waals surface area contributed by atoms with Crippen LogP contribution in [0.2, 0.25) is 0 Å². The molecule has 0 heterocycles. The Bertz CT molecular complexity index is 468. The van der Waals surface area contributed by atoms with Gasteiger partial charge < -0.3 is 31.9 Å². The molecule has 3 amide bonds. The fraction of sp³-hybridized carbons (Fsp3) is 0.714. The third-order valence-electron chi connectivity index (χ3n) is 3.05. The smallest absolute Gasteiger partial charge is 0.328 e. The van der Waals surface area contributed by atoms with Crippen LogP contribution in [0.4, 0.5) is 0 Å². The molecule has 0 aliphatic carbocycles. The molecule has 10 heteroatoms. The van der Waals surface area contributed by atoms with E-state index in [1.807, 2.05) is 19.2 Å². The van der Waals surface area contributed by atoms with Gasteiger partial charge in [-0.2, -0.15) is 0 Å². The Labute approximate surface area is 140 Å². The highest BCUT2D eigenvalue weighted by Crippen LogP contribution is 2.02. The van der Waals surface area contributed by atoms with Crippen LogP contribution in [0.25, 0.3) is 0 Å². The van der Waals surface area contributed by atoms with Gasteiger partial charge in [0.1, 0.15) is 12.1 Å². The second kappa shape index (κ2) is 10.6. The molecular weight excluding hydrogens is 320 g/mol. The molecule has 0 spiro atoms. The Morgan fingerprint density at radius 2 is 1.62 bits per heavy atom. The number of hydrogen-bond acceptors (Lipinski definition) is 6. The summed E-state index contributed by atoms with van der Waals surface area (Å²) in [4.78, 5) is 45.7. The van der Waals surface area contributed by atoms with Crippen LogP contribution in [0.1, 0.15) is 27.2 Å². The lowest BCUT2D eigenvalue weighted by Gasteiger charge is -2.18. The largest absolute Gasteiger partial charge is 0.480 e. The normalized spacial score (nSPS) is 14.4. The fourth-order valence-corrected chi connectivity index (χ4v) is 1.75. The molecule has 0 bridgehead atoms. The average Bonchev–Trinajstić information content (AvgIpc) is 2.48. The molecule has 7 N–H and O–H groups in total. The van der Waals surface area contributed by atoms with E-state index in [9.17, 15) is 19.2 Å². The number of aliphatic carboxylic acids is 1. The number of carboxylic acids is 1. The summed E-state index contributed by atoms with van der Waals surface area (Å²) < 4.78 is 0. The number of hydrogen-bond donors (Lipinski definition) is 6.